The Morgan fingerprint density at radius 1 is 1.11 bits per heavy atom. The highest BCUT2D eigenvalue weighted by molar-refractivity contribution is 7.89. The van der Waals surface area contributed by atoms with Gasteiger partial charge in [-0.3, -0.25) is 9.59 Å². The molecule has 8 heteroatoms. The first kappa shape index (κ1) is 20.5. The number of ketones is 1. The first-order chi connectivity index (χ1) is 13.3. The van der Waals surface area contributed by atoms with E-state index < -0.39 is 28.1 Å². The lowest BCUT2D eigenvalue weighted by Crippen LogP contribution is -2.43. The van der Waals surface area contributed by atoms with Gasteiger partial charge in [-0.15, -0.1) is 0 Å². The van der Waals surface area contributed by atoms with E-state index in [0.29, 0.717) is 23.4 Å². The Hall–Kier alpha value is -2.22. The van der Waals surface area contributed by atoms with Crippen molar-refractivity contribution in [1.82, 2.24) is 4.31 Å². The molecule has 2 aromatic carbocycles. The second-order valence-corrected chi connectivity index (χ2v) is 8.86. The number of nitrogens with zero attached hydrogens (tertiary/aromatic N) is 1. The molecule has 6 nitrogen and oxygen atoms in total. The molecule has 0 aliphatic carbocycles. The summed E-state index contributed by atoms with van der Waals surface area (Å²) in [6, 6.07) is 13.3. The van der Waals surface area contributed by atoms with Crippen molar-refractivity contribution < 1.29 is 22.7 Å². The molecule has 2 atom stereocenters. The van der Waals surface area contributed by atoms with E-state index in [1.807, 2.05) is 0 Å². The highest BCUT2D eigenvalue weighted by Gasteiger charge is 2.41. The van der Waals surface area contributed by atoms with Gasteiger partial charge in [0.1, 0.15) is 6.04 Å². The van der Waals surface area contributed by atoms with Crippen LogP contribution >= 0.6 is 11.6 Å². The average Bonchev–Trinajstić information content (AvgIpc) is 3.19. The molecular weight excluding hydrogens is 402 g/mol. The Morgan fingerprint density at radius 2 is 1.75 bits per heavy atom. The van der Waals surface area contributed by atoms with Gasteiger partial charge >= 0.3 is 5.97 Å². The first-order valence-electron chi connectivity index (χ1n) is 8.88. The van der Waals surface area contributed by atoms with Crippen LogP contribution in [-0.4, -0.2) is 43.2 Å². The van der Waals surface area contributed by atoms with E-state index in [1.165, 1.54) is 31.2 Å². The Labute approximate surface area is 169 Å². The minimum atomic E-state index is -3.87. The molecule has 0 unspecified atom stereocenters. The van der Waals surface area contributed by atoms with E-state index in [-0.39, 0.29) is 17.2 Å². The fourth-order valence-corrected chi connectivity index (χ4v) is 4.92. The Balaban J connectivity index is 1.74. The molecule has 1 fully saturated rings. The summed E-state index contributed by atoms with van der Waals surface area (Å²) < 4.78 is 32.3. The lowest BCUT2D eigenvalue weighted by molar-refractivity contribution is -0.150. The van der Waals surface area contributed by atoms with Crippen molar-refractivity contribution in [2.24, 2.45) is 0 Å². The highest BCUT2D eigenvalue weighted by Crippen LogP contribution is 2.28. The summed E-state index contributed by atoms with van der Waals surface area (Å²) in [6.45, 7) is 1.70. The van der Waals surface area contributed by atoms with Gasteiger partial charge in [0.15, 0.2) is 6.10 Å². The van der Waals surface area contributed by atoms with E-state index >= 15 is 0 Å². The maximum Gasteiger partial charge on any atom is 0.325 e. The number of halogens is 1. The smallest absolute Gasteiger partial charge is 0.325 e. The Morgan fingerprint density at radius 3 is 2.39 bits per heavy atom. The van der Waals surface area contributed by atoms with Crippen LogP contribution in [0.25, 0.3) is 0 Å². The quantitative estimate of drug-likeness (QED) is 0.528. The minimum Gasteiger partial charge on any atom is -0.453 e. The van der Waals surface area contributed by atoms with Crippen molar-refractivity contribution in [2.75, 3.05) is 6.54 Å². The number of sulfonamides is 1. The second-order valence-electron chi connectivity index (χ2n) is 6.54. The van der Waals surface area contributed by atoms with Crippen molar-refractivity contribution in [3.63, 3.8) is 0 Å². The Kier molecular flexibility index (Phi) is 6.17. The van der Waals surface area contributed by atoms with Gasteiger partial charge in [-0.05, 0) is 44.0 Å². The summed E-state index contributed by atoms with van der Waals surface area (Å²) in [6.07, 6.45) is -0.124. The number of carbonyl (C=O) groups excluding carboxylic acids is 2. The van der Waals surface area contributed by atoms with Crippen molar-refractivity contribution in [3.8, 4) is 0 Å². The third kappa shape index (κ3) is 4.27. The van der Waals surface area contributed by atoms with Crippen LogP contribution in [0.3, 0.4) is 0 Å². The van der Waals surface area contributed by atoms with Gasteiger partial charge in [-0.25, -0.2) is 8.42 Å². The highest BCUT2D eigenvalue weighted by atomic mass is 35.5. The molecular formula is C20H20ClNO5S. The molecule has 0 bridgehead atoms. The van der Waals surface area contributed by atoms with Crippen LogP contribution in [0.15, 0.2) is 59.5 Å². The SMILES string of the molecule is C[C@H](OC(=O)[C@@H]1CCCN1S(=O)(=O)c1ccc(Cl)cc1)C(=O)c1ccccc1. The van der Waals surface area contributed by atoms with E-state index in [4.69, 9.17) is 16.3 Å². The molecule has 3 rings (SSSR count). The van der Waals surface area contributed by atoms with Crippen molar-refractivity contribution in [3.05, 3.63) is 65.2 Å². The van der Waals surface area contributed by atoms with Crippen LogP contribution in [0, 0.1) is 0 Å². The molecule has 1 heterocycles. The molecule has 2 aromatic rings. The molecule has 0 spiro atoms. The van der Waals surface area contributed by atoms with Crippen molar-refractivity contribution >= 4 is 33.4 Å². The fraction of sp³-hybridized carbons (Fsp3) is 0.300. The van der Waals surface area contributed by atoms with Gasteiger partial charge in [0, 0.05) is 17.1 Å². The summed E-state index contributed by atoms with van der Waals surface area (Å²) in [7, 11) is -3.87. The summed E-state index contributed by atoms with van der Waals surface area (Å²) in [5, 5.41) is 0.421. The zero-order valence-electron chi connectivity index (χ0n) is 15.2. The van der Waals surface area contributed by atoms with Crippen LogP contribution in [0.4, 0.5) is 0 Å². The molecule has 1 aliphatic heterocycles. The molecule has 1 saturated heterocycles. The van der Waals surface area contributed by atoms with E-state index in [2.05, 4.69) is 0 Å². The molecule has 0 aromatic heterocycles. The zero-order valence-corrected chi connectivity index (χ0v) is 16.8. The standard InChI is InChI=1S/C20H20ClNO5S/c1-14(19(23)15-6-3-2-4-7-15)27-20(24)18-8-5-13-22(18)28(25,26)17-11-9-16(21)10-12-17/h2-4,6-7,9-12,14,18H,5,8,13H2,1H3/t14-,18-/m0/s1. The molecule has 28 heavy (non-hydrogen) atoms. The number of benzene rings is 2. The molecule has 0 N–H and O–H groups in total. The zero-order chi connectivity index (χ0) is 20.3. The molecule has 0 saturated carbocycles. The summed E-state index contributed by atoms with van der Waals surface area (Å²) in [5.41, 5.74) is 0.430. The normalized spacial score (nSPS) is 18.6. The summed E-state index contributed by atoms with van der Waals surface area (Å²) >= 11 is 5.82. The van der Waals surface area contributed by atoms with Gasteiger partial charge in [-0.2, -0.15) is 4.31 Å². The fourth-order valence-electron chi connectivity index (χ4n) is 3.15. The maximum atomic E-state index is 12.9. The average molecular weight is 422 g/mol. The molecule has 0 amide bonds. The number of esters is 1. The van der Waals surface area contributed by atoms with E-state index in [9.17, 15) is 18.0 Å². The minimum absolute atomic E-state index is 0.0602. The molecule has 0 radical (unpaired) electrons. The molecule has 148 valence electrons. The topological polar surface area (TPSA) is 80.8 Å². The monoisotopic (exact) mass is 421 g/mol. The number of Topliss-reactive ketones (excluding diaryl/α,β-unsaturated/α-hetero) is 1. The third-order valence-electron chi connectivity index (χ3n) is 4.62. The van der Waals surface area contributed by atoms with Gasteiger partial charge in [0.2, 0.25) is 15.8 Å². The lowest BCUT2D eigenvalue weighted by atomic mass is 10.1. The van der Waals surface area contributed by atoms with Crippen LogP contribution in [0.1, 0.15) is 30.1 Å². The van der Waals surface area contributed by atoms with Gasteiger partial charge in [0.05, 0.1) is 4.90 Å². The predicted octanol–water partition coefficient (Wildman–Crippen LogP) is 3.31. The first-order valence-corrected chi connectivity index (χ1v) is 10.7. The lowest BCUT2D eigenvalue weighted by Gasteiger charge is -2.24. The Bertz CT molecular complexity index is 960. The van der Waals surface area contributed by atoms with Gasteiger partial charge < -0.3 is 4.74 Å². The van der Waals surface area contributed by atoms with E-state index in [1.54, 1.807) is 30.3 Å². The van der Waals surface area contributed by atoms with E-state index in [0.717, 1.165) is 4.31 Å². The largest absolute Gasteiger partial charge is 0.453 e. The van der Waals surface area contributed by atoms with Crippen LogP contribution < -0.4 is 0 Å². The predicted molar refractivity (Wildman–Crippen MR) is 105 cm³/mol. The van der Waals surface area contributed by atoms with Crippen LogP contribution in [-0.2, 0) is 19.6 Å². The third-order valence-corrected chi connectivity index (χ3v) is 6.79. The summed E-state index contributed by atoms with van der Waals surface area (Å²) in [4.78, 5) is 25.1. The number of rotatable bonds is 6. The van der Waals surface area contributed by atoms with Crippen LogP contribution in [0.2, 0.25) is 5.02 Å². The molecule has 1 aliphatic rings. The number of carbonyl (C=O) groups is 2. The summed E-state index contributed by atoms with van der Waals surface area (Å²) in [5.74, 6) is -1.05. The number of hydrogen-bond acceptors (Lipinski definition) is 5. The second kappa shape index (κ2) is 8.43. The van der Waals surface area contributed by atoms with Crippen molar-refractivity contribution in [2.45, 2.75) is 36.8 Å². The van der Waals surface area contributed by atoms with Gasteiger partial charge in [0.25, 0.3) is 0 Å². The maximum absolute atomic E-state index is 12.9. The number of hydrogen-bond donors (Lipinski definition) is 0. The van der Waals surface area contributed by atoms with Crippen molar-refractivity contribution in [1.29, 1.82) is 0 Å². The number of ether oxygens (including phenoxy) is 1. The van der Waals surface area contributed by atoms with Gasteiger partial charge in [-0.1, -0.05) is 41.9 Å². The van der Waals surface area contributed by atoms with Crippen LogP contribution in [0.5, 0.6) is 0 Å².